The van der Waals surface area contributed by atoms with E-state index in [4.69, 9.17) is 19.9 Å². The van der Waals surface area contributed by atoms with Gasteiger partial charge in [0.15, 0.2) is 0 Å². The molecule has 1 aromatic rings. The van der Waals surface area contributed by atoms with Gasteiger partial charge >= 0.3 is 5.97 Å². The number of anilines is 1. The number of methoxy groups -OCH3 is 1. The zero-order valence-electron chi connectivity index (χ0n) is 10.4. The fourth-order valence-electron chi connectivity index (χ4n) is 1.35. The molecule has 0 bridgehead atoms. The molecule has 0 aliphatic rings. The molecule has 0 saturated heterocycles. The van der Waals surface area contributed by atoms with Gasteiger partial charge in [-0.1, -0.05) is 0 Å². The summed E-state index contributed by atoms with van der Waals surface area (Å²) >= 11 is 3.27. The van der Waals surface area contributed by atoms with Gasteiger partial charge in [0.25, 0.3) is 0 Å². The molecule has 0 atom stereocenters. The average molecular weight is 318 g/mol. The third kappa shape index (κ3) is 3.61. The molecule has 0 aromatic heterocycles. The molecule has 0 aliphatic carbocycles. The molecule has 18 heavy (non-hydrogen) atoms. The van der Waals surface area contributed by atoms with Crippen molar-refractivity contribution in [2.75, 3.05) is 32.7 Å². The number of nitrogen functional groups attached to an aromatic ring is 1. The van der Waals surface area contributed by atoms with Crippen LogP contribution in [0.3, 0.4) is 0 Å². The topological polar surface area (TPSA) is 70.8 Å². The van der Waals surface area contributed by atoms with E-state index in [1.165, 1.54) is 0 Å². The van der Waals surface area contributed by atoms with Crippen LogP contribution in [0.4, 0.5) is 5.69 Å². The van der Waals surface area contributed by atoms with Crippen molar-refractivity contribution >= 4 is 27.6 Å². The van der Waals surface area contributed by atoms with E-state index >= 15 is 0 Å². The summed E-state index contributed by atoms with van der Waals surface area (Å²) in [6, 6.07) is 3.39. The SMILES string of the molecule is CCOC(=O)c1c(Br)ccc(OCCOC)c1N. The van der Waals surface area contributed by atoms with Crippen LogP contribution in [0.2, 0.25) is 0 Å². The summed E-state index contributed by atoms with van der Waals surface area (Å²) in [6.07, 6.45) is 0. The molecule has 100 valence electrons. The maximum Gasteiger partial charge on any atom is 0.341 e. The summed E-state index contributed by atoms with van der Waals surface area (Å²) in [6.45, 7) is 2.84. The Balaban J connectivity index is 2.95. The maximum atomic E-state index is 11.8. The summed E-state index contributed by atoms with van der Waals surface area (Å²) < 4.78 is 15.8. The van der Waals surface area contributed by atoms with Crippen LogP contribution < -0.4 is 10.5 Å². The lowest BCUT2D eigenvalue weighted by Crippen LogP contribution is -2.12. The van der Waals surface area contributed by atoms with E-state index in [9.17, 15) is 4.79 Å². The van der Waals surface area contributed by atoms with Gasteiger partial charge in [-0.25, -0.2) is 4.79 Å². The Hall–Kier alpha value is -1.27. The highest BCUT2D eigenvalue weighted by molar-refractivity contribution is 9.10. The number of hydrogen-bond donors (Lipinski definition) is 1. The maximum absolute atomic E-state index is 11.8. The number of hydrogen-bond acceptors (Lipinski definition) is 5. The second-order valence-corrected chi connectivity index (χ2v) is 4.25. The summed E-state index contributed by atoms with van der Waals surface area (Å²) in [4.78, 5) is 11.8. The summed E-state index contributed by atoms with van der Waals surface area (Å²) in [5.74, 6) is -0.0302. The molecule has 0 spiro atoms. The average Bonchev–Trinajstić information content (AvgIpc) is 2.33. The molecule has 0 heterocycles. The number of esters is 1. The fourth-order valence-corrected chi connectivity index (χ4v) is 1.85. The van der Waals surface area contributed by atoms with Gasteiger partial charge < -0.3 is 19.9 Å². The summed E-state index contributed by atoms with van der Waals surface area (Å²) in [7, 11) is 1.58. The van der Waals surface area contributed by atoms with Crippen LogP contribution in [0.5, 0.6) is 5.75 Å². The number of ether oxygens (including phenoxy) is 3. The minimum atomic E-state index is -0.473. The van der Waals surface area contributed by atoms with E-state index in [0.717, 1.165) is 0 Å². The Bertz CT molecular complexity index is 423. The van der Waals surface area contributed by atoms with Crippen molar-refractivity contribution in [3.05, 3.63) is 22.2 Å². The van der Waals surface area contributed by atoms with Crippen LogP contribution in [0.15, 0.2) is 16.6 Å². The summed E-state index contributed by atoms with van der Waals surface area (Å²) in [5, 5.41) is 0. The molecule has 2 N–H and O–H groups in total. The largest absolute Gasteiger partial charge is 0.489 e. The molecule has 1 rings (SSSR count). The molecule has 0 aliphatic heterocycles. The van der Waals surface area contributed by atoms with Gasteiger partial charge in [-0.3, -0.25) is 0 Å². The smallest absolute Gasteiger partial charge is 0.341 e. The molecular weight excluding hydrogens is 302 g/mol. The van der Waals surface area contributed by atoms with Gasteiger partial charge in [-0.2, -0.15) is 0 Å². The van der Waals surface area contributed by atoms with E-state index < -0.39 is 5.97 Å². The Kier molecular flexibility index (Phi) is 5.94. The van der Waals surface area contributed by atoms with Crippen LogP contribution in [-0.2, 0) is 9.47 Å². The molecule has 0 saturated carbocycles. The Morgan fingerprint density at radius 1 is 1.39 bits per heavy atom. The van der Waals surface area contributed by atoms with E-state index in [-0.39, 0.29) is 11.3 Å². The first-order valence-electron chi connectivity index (χ1n) is 5.48. The van der Waals surface area contributed by atoms with Crippen molar-refractivity contribution in [2.45, 2.75) is 6.92 Å². The van der Waals surface area contributed by atoms with E-state index in [1.807, 2.05) is 0 Å². The minimum absolute atomic E-state index is 0.263. The number of nitrogens with two attached hydrogens (primary N) is 1. The van der Waals surface area contributed by atoms with Gasteiger partial charge in [0.05, 0.1) is 18.9 Å². The molecule has 0 radical (unpaired) electrons. The van der Waals surface area contributed by atoms with Gasteiger partial charge in [-0.05, 0) is 35.0 Å². The number of halogens is 1. The minimum Gasteiger partial charge on any atom is -0.489 e. The number of carbonyl (C=O) groups is 1. The normalized spacial score (nSPS) is 10.2. The highest BCUT2D eigenvalue weighted by Crippen LogP contribution is 2.32. The molecule has 6 heteroatoms. The highest BCUT2D eigenvalue weighted by atomic mass is 79.9. The van der Waals surface area contributed by atoms with Gasteiger partial charge in [0.2, 0.25) is 0 Å². The third-order valence-corrected chi connectivity index (χ3v) is 2.84. The lowest BCUT2D eigenvalue weighted by atomic mass is 10.1. The van der Waals surface area contributed by atoms with Gasteiger partial charge in [0.1, 0.15) is 17.9 Å². The van der Waals surface area contributed by atoms with Gasteiger partial charge in [-0.15, -0.1) is 0 Å². The number of rotatable bonds is 6. The Morgan fingerprint density at radius 3 is 2.72 bits per heavy atom. The number of carbonyl (C=O) groups excluding carboxylic acids is 1. The van der Waals surface area contributed by atoms with Crippen molar-refractivity contribution in [3.8, 4) is 5.75 Å². The van der Waals surface area contributed by atoms with Crippen LogP contribution in [0, 0.1) is 0 Å². The first-order valence-corrected chi connectivity index (χ1v) is 6.28. The molecule has 0 unspecified atom stereocenters. The van der Waals surface area contributed by atoms with E-state index in [2.05, 4.69) is 15.9 Å². The fraction of sp³-hybridized carbons (Fsp3) is 0.417. The Labute approximate surface area is 114 Å². The van der Waals surface area contributed by atoms with Crippen molar-refractivity contribution in [3.63, 3.8) is 0 Å². The lowest BCUT2D eigenvalue weighted by Gasteiger charge is -2.13. The number of benzene rings is 1. The first kappa shape index (κ1) is 14.8. The molecular formula is C12H16BrNO4. The van der Waals surface area contributed by atoms with Gasteiger partial charge in [0, 0.05) is 11.6 Å². The van der Waals surface area contributed by atoms with Crippen molar-refractivity contribution in [1.29, 1.82) is 0 Å². The van der Waals surface area contributed by atoms with E-state index in [1.54, 1.807) is 26.2 Å². The summed E-state index contributed by atoms with van der Waals surface area (Å²) in [5.41, 5.74) is 6.45. The monoisotopic (exact) mass is 317 g/mol. The van der Waals surface area contributed by atoms with Crippen molar-refractivity contribution in [2.24, 2.45) is 0 Å². The van der Waals surface area contributed by atoms with Crippen LogP contribution in [0.25, 0.3) is 0 Å². The van der Waals surface area contributed by atoms with E-state index in [0.29, 0.717) is 30.0 Å². The predicted molar refractivity (Wildman–Crippen MR) is 71.9 cm³/mol. The molecule has 5 nitrogen and oxygen atoms in total. The van der Waals surface area contributed by atoms with Crippen molar-refractivity contribution < 1.29 is 19.0 Å². The Morgan fingerprint density at radius 2 is 2.11 bits per heavy atom. The second kappa shape index (κ2) is 7.23. The molecule has 1 aromatic carbocycles. The lowest BCUT2D eigenvalue weighted by molar-refractivity contribution is 0.0526. The quantitative estimate of drug-likeness (QED) is 0.495. The predicted octanol–water partition coefficient (Wildman–Crippen LogP) is 2.23. The third-order valence-electron chi connectivity index (χ3n) is 2.18. The first-order chi connectivity index (χ1) is 8.61. The zero-order valence-corrected chi connectivity index (χ0v) is 12.0. The van der Waals surface area contributed by atoms with Crippen LogP contribution in [0.1, 0.15) is 17.3 Å². The highest BCUT2D eigenvalue weighted by Gasteiger charge is 2.18. The van der Waals surface area contributed by atoms with Crippen LogP contribution in [-0.4, -0.2) is 32.9 Å². The van der Waals surface area contributed by atoms with Crippen LogP contribution >= 0.6 is 15.9 Å². The zero-order chi connectivity index (χ0) is 13.5. The molecule has 0 fully saturated rings. The van der Waals surface area contributed by atoms with Crippen molar-refractivity contribution in [1.82, 2.24) is 0 Å². The second-order valence-electron chi connectivity index (χ2n) is 3.40. The molecule has 0 amide bonds. The standard InChI is InChI=1S/C12H16BrNO4/c1-3-17-12(15)10-8(13)4-5-9(11(10)14)18-7-6-16-2/h4-5H,3,6-7,14H2,1-2H3.